The Hall–Kier alpha value is -2.90. The molecule has 134 valence electrons. The Kier molecular flexibility index (Phi) is 4.79. The van der Waals surface area contributed by atoms with E-state index < -0.39 is 0 Å². The lowest BCUT2D eigenvalue weighted by Crippen LogP contribution is -2.11. The van der Waals surface area contributed by atoms with Gasteiger partial charge in [-0.2, -0.15) is 0 Å². The van der Waals surface area contributed by atoms with Crippen LogP contribution in [0.15, 0.2) is 55.0 Å². The highest BCUT2D eigenvalue weighted by Gasteiger charge is 2.14. The number of benzene rings is 1. The summed E-state index contributed by atoms with van der Waals surface area (Å²) in [6, 6.07) is 11.7. The molecular formula is C19H12ClFN4OS. The fraction of sp³-hybridized carbons (Fsp3) is 0.0526. The van der Waals surface area contributed by atoms with Gasteiger partial charge in [-0.05, 0) is 41.8 Å². The molecular weight excluding hydrogens is 387 g/mol. The van der Waals surface area contributed by atoms with E-state index in [9.17, 15) is 9.18 Å². The number of halogens is 2. The lowest BCUT2D eigenvalue weighted by Gasteiger charge is -2.05. The predicted octanol–water partition coefficient (Wildman–Crippen LogP) is 4.72. The number of carbonyl (C=O) groups excluding carboxylic acids is 1. The molecule has 0 unspecified atom stereocenters. The average Bonchev–Trinajstić information content (AvgIpc) is 3.09. The normalized spacial score (nSPS) is 10.9. The van der Waals surface area contributed by atoms with Gasteiger partial charge < -0.3 is 5.32 Å². The second-order valence-corrected chi connectivity index (χ2v) is 7.21. The third-order valence-corrected chi connectivity index (χ3v) is 5.38. The van der Waals surface area contributed by atoms with Crippen LogP contribution < -0.4 is 5.32 Å². The fourth-order valence-electron chi connectivity index (χ4n) is 2.60. The smallest absolute Gasteiger partial charge is 0.266 e. The largest absolute Gasteiger partial charge is 0.306 e. The summed E-state index contributed by atoms with van der Waals surface area (Å²) in [5, 5.41) is 3.07. The molecule has 0 bridgehead atoms. The molecule has 0 radical (unpaired) electrons. The molecule has 8 heteroatoms. The lowest BCUT2D eigenvalue weighted by atomic mass is 10.1. The molecule has 0 aliphatic heterocycles. The first-order chi connectivity index (χ1) is 13.1. The van der Waals surface area contributed by atoms with Crippen LogP contribution in [0.2, 0.25) is 5.15 Å². The van der Waals surface area contributed by atoms with Crippen molar-refractivity contribution in [3.8, 4) is 0 Å². The van der Waals surface area contributed by atoms with Gasteiger partial charge in [0.15, 0.2) is 0 Å². The van der Waals surface area contributed by atoms with E-state index >= 15 is 0 Å². The minimum absolute atomic E-state index is 0.266. The highest BCUT2D eigenvalue weighted by molar-refractivity contribution is 7.21. The van der Waals surface area contributed by atoms with Crippen molar-refractivity contribution in [2.45, 2.75) is 6.42 Å². The Morgan fingerprint density at radius 2 is 2.00 bits per heavy atom. The molecule has 0 aliphatic rings. The van der Waals surface area contributed by atoms with Crippen molar-refractivity contribution < 1.29 is 9.18 Å². The Morgan fingerprint density at radius 3 is 2.74 bits per heavy atom. The van der Waals surface area contributed by atoms with Crippen molar-refractivity contribution >= 4 is 44.9 Å². The molecule has 0 spiro atoms. The van der Waals surface area contributed by atoms with E-state index in [1.807, 2.05) is 12.1 Å². The molecule has 27 heavy (non-hydrogen) atoms. The first-order valence-electron chi connectivity index (χ1n) is 7.99. The van der Waals surface area contributed by atoms with Crippen molar-refractivity contribution in [2.24, 2.45) is 0 Å². The van der Waals surface area contributed by atoms with Crippen molar-refractivity contribution in [1.29, 1.82) is 0 Å². The van der Waals surface area contributed by atoms with Gasteiger partial charge in [0.1, 0.15) is 23.1 Å². The second kappa shape index (κ2) is 7.38. The van der Waals surface area contributed by atoms with Crippen LogP contribution in [0.5, 0.6) is 0 Å². The van der Waals surface area contributed by atoms with Gasteiger partial charge in [-0.1, -0.05) is 29.8 Å². The third-order valence-electron chi connectivity index (χ3n) is 3.86. The highest BCUT2D eigenvalue weighted by Crippen LogP contribution is 2.29. The lowest BCUT2D eigenvalue weighted by molar-refractivity contribution is 0.103. The molecule has 4 aromatic rings. The number of anilines is 1. The zero-order chi connectivity index (χ0) is 18.8. The first kappa shape index (κ1) is 17.5. The van der Waals surface area contributed by atoms with Gasteiger partial charge in [0, 0.05) is 6.20 Å². The molecule has 1 amide bonds. The van der Waals surface area contributed by atoms with Crippen LogP contribution in [0.1, 0.15) is 20.8 Å². The first-order valence-corrected chi connectivity index (χ1v) is 9.19. The number of hydrogen-bond donors (Lipinski definition) is 1. The zero-order valence-corrected chi connectivity index (χ0v) is 15.4. The number of carbonyl (C=O) groups is 1. The summed E-state index contributed by atoms with van der Waals surface area (Å²) in [5.74, 6) is -0.130. The van der Waals surface area contributed by atoms with Crippen LogP contribution in [0.25, 0.3) is 10.2 Å². The van der Waals surface area contributed by atoms with Crippen LogP contribution in [-0.2, 0) is 6.42 Å². The zero-order valence-electron chi connectivity index (χ0n) is 13.8. The predicted molar refractivity (Wildman–Crippen MR) is 104 cm³/mol. The Morgan fingerprint density at radius 1 is 1.11 bits per heavy atom. The van der Waals surface area contributed by atoms with Crippen LogP contribution >= 0.6 is 22.9 Å². The maximum absolute atomic E-state index is 13.3. The molecule has 5 nitrogen and oxygen atoms in total. The van der Waals surface area contributed by atoms with E-state index in [0.29, 0.717) is 32.5 Å². The van der Waals surface area contributed by atoms with Crippen molar-refractivity contribution in [2.75, 3.05) is 5.32 Å². The SMILES string of the molecule is O=C(Nc1ccc(Cc2cccc(F)c2)cn1)c1cc2ncnc(Cl)c2s1. The molecule has 0 saturated carbocycles. The summed E-state index contributed by atoms with van der Waals surface area (Å²) in [5.41, 5.74) is 2.41. The van der Waals surface area contributed by atoms with Gasteiger partial charge >= 0.3 is 0 Å². The quantitative estimate of drug-likeness (QED) is 0.505. The Balaban J connectivity index is 1.47. The number of aromatic nitrogens is 3. The molecule has 4 rings (SSSR count). The Bertz CT molecular complexity index is 1130. The molecule has 0 fully saturated rings. The number of amides is 1. The number of pyridine rings is 1. The maximum Gasteiger partial charge on any atom is 0.266 e. The van der Waals surface area contributed by atoms with E-state index in [0.717, 1.165) is 11.1 Å². The van der Waals surface area contributed by atoms with Crippen LogP contribution in [-0.4, -0.2) is 20.9 Å². The van der Waals surface area contributed by atoms with Crippen LogP contribution in [0.3, 0.4) is 0 Å². The van der Waals surface area contributed by atoms with Crippen molar-refractivity contribution in [3.63, 3.8) is 0 Å². The van der Waals surface area contributed by atoms with E-state index in [4.69, 9.17) is 11.6 Å². The Labute approximate surface area is 162 Å². The second-order valence-electron chi connectivity index (χ2n) is 5.80. The highest BCUT2D eigenvalue weighted by atomic mass is 35.5. The van der Waals surface area contributed by atoms with E-state index in [1.165, 1.54) is 29.8 Å². The van der Waals surface area contributed by atoms with Gasteiger partial charge in [-0.3, -0.25) is 4.79 Å². The summed E-state index contributed by atoms with van der Waals surface area (Å²) in [6.07, 6.45) is 3.58. The molecule has 3 aromatic heterocycles. The summed E-state index contributed by atoms with van der Waals surface area (Å²) in [7, 11) is 0. The van der Waals surface area contributed by atoms with Crippen LogP contribution in [0, 0.1) is 5.82 Å². The van der Waals surface area contributed by atoms with Crippen molar-refractivity contribution in [3.05, 3.63) is 82.0 Å². The minimum atomic E-state index is -0.292. The number of hydrogen-bond acceptors (Lipinski definition) is 5. The molecule has 3 heterocycles. The summed E-state index contributed by atoms with van der Waals surface area (Å²) in [6.45, 7) is 0. The molecule has 0 atom stereocenters. The van der Waals surface area contributed by atoms with Gasteiger partial charge in [-0.15, -0.1) is 11.3 Å². The van der Waals surface area contributed by atoms with Gasteiger partial charge in [0.2, 0.25) is 0 Å². The minimum Gasteiger partial charge on any atom is -0.306 e. The van der Waals surface area contributed by atoms with E-state index in [1.54, 1.807) is 24.4 Å². The van der Waals surface area contributed by atoms with E-state index in [-0.39, 0.29) is 11.7 Å². The summed E-state index contributed by atoms with van der Waals surface area (Å²) >= 11 is 7.25. The molecule has 0 saturated heterocycles. The van der Waals surface area contributed by atoms with Gasteiger partial charge in [-0.25, -0.2) is 19.3 Å². The number of thiophene rings is 1. The number of nitrogens with one attached hydrogen (secondary N) is 1. The van der Waals surface area contributed by atoms with Crippen LogP contribution in [0.4, 0.5) is 10.2 Å². The van der Waals surface area contributed by atoms with Crippen molar-refractivity contribution in [1.82, 2.24) is 15.0 Å². The molecule has 1 aromatic carbocycles. The third kappa shape index (κ3) is 3.94. The van der Waals surface area contributed by atoms with Gasteiger partial charge in [0.25, 0.3) is 5.91 Å². The van der Waals surface area contributed by atoms with Gasteiger partial charge in [0.05, 0.1) is 15.1 Å². The number of rotatable bonds is 4. The monoisotopic (exact) mass is 398 g/mol. The molecule has 1 N–H and O–H groups in total. The standard InChI is InChI=1S/C19H12ClFN4OS/c20-18-17-14(23-10-24-18)8-15(27-17)19(26)25-16-5-4-12(9-22-16)6-11-2-1-3-13(21)7-11/h1-5,7-10H,6H2,(H,22,25,26). The molecule has 0 aliphatic carbocycles. The summed E-state index contributed by atoms with van der Waals surface area (Å²) < 4.78 is 13.9. The summed E-state index contributed by atoms with van der Waals surface area (Å²) in [4.78, 5) is 25.2. The topological polar surface area (TPSA) is 67.8 Å². The average molecular weight is 399 g/mol. The maximum atomic E-state index is 13.3. The number of fused-ring (bicyclic) bond motifs is 1. The number of nitrogens with zero attached hydrogens (tertiary/aromatic N) is 3. The fourth-order valence-corrected chi connectivity index (χ4v) is 3.74. The van der Waals surface area contributed by atoms with E-state index in [2.05, 4.69) is 20.3 Å².